The molecule has 0 atom stereocenters. The number of hydrogen-bond acceptors (Lipinski definition) is 1. The maximum atomic E-state index is 12.6. The van der Waals surface area contributed by atoms with E-state index in [2.05, 4.69) is 4.98 Å². The van der Waals surface area contributed by atoms with Crippen LogP contribution in [0.25, 0.3) is 21.8 Å². The SMILES string of the molecule is FC(F)(F)c1ccc2nc3ccccc3cc2c1. The molecule has 1 aromatic heterocycles. The van der Waals surface area contributed by atoms with Crippen LogP contribution in [-0.4, -0.2) is 4.98 Å². The lowest BCUT2D eigenvalue weighted by Crippen LogP contribution is -2.04. The van der Waals surface area contributed by atoms with Crippen molar-refractivity contribution in [1.82, 2.24) is 4.98 Å². The molecule has 0 spiro atoms. The fraction of sp³-hybridized carbons (Fsp3) is 0.0714. The molecular formula is C14H8F3N. The number of pyridine rings is 1. The number of fused-ring (bicyclic) bond motifs is 2. The van der Waals surface area contributed by atoms with E-state index in [1.54, 1.807) is 6.07 Å². The van der Waals surface area contributed by atoms with E-state index in [4.69, 9.17) is 0 Å². The number of aromatic nitrogens is 1. The number of benzene rings is 2. The van der Waals surface area contributed by atoms with Crippen LogP contribution < -0.4 is 0 Å². The first-order valence-corrected chi connectivity index (χ1v) is 5.41. The Bertz CT molecular complexity index is 732. The zero-order chi connectivity index (χ0) is 12.8. The summed E-state index contributed by atoms with van der Waals surface area (Å²) in [4.78, 5) is 4.33. The van der Waals surface area contributed by atoms with Gasteiger partial charge in [-0.2, -0.15) is 13.2 Å². The van der Waals surface area contributed by atoms with E-state index < -0.39 is 11.7 Å². The van der Waals surface area contributed by atoms with E-state index >= 15 is 0 Å². The number of rotatable bonds is 0. The second-order valence-electron chi connectivity index (χ2n) is 4.09. The fourth-order valence-electron chi connectivity index (χ4n) is 1.96. The average Bonchev–Trinajstić information content (AvgIpc) is 2.34. The quantitative estimate of drug-likeness (QED) is 0.536. The summed E-state index contributed by atoms with van der Waals surface area (Å²) in [6.07, 6.45) is -4.32. The van der Waals surface area contributed by atoms with E-state index in [1.165, 1.54) is 6.07 Å². The maximum absolute atomic E-state index is 12.6. The summed E-state index contributed by atoms with van der Waals surface area (Å²) < 4.78 is 37.8. The topological polar surface area (TPSA) is 12.9 Å². The molecule has 1 nitrogen and oxygen atoms in total. The lowest BCUT2D eigenvalue weighted by Gasteiger charge is -2.08. The molecule has 0 aliphatic heterocycles. The molecule has 0 bridgehead atoms. The van der Waals surface area contributed by atoms with E-state index in [0.29, 0.717) is 10.9 Å². The summed E-state index contributed by atoms with van der Waals surface area (Å²) >= 11 is 0. The third-order valence-electron chi connectivity index (χ3n) is 2.84. The summed E-state index contributed by atoms with van der Waals surface area (Å²) in [5.74, 6) is 0. The Kier molecular flexibility index (Phi) is 2.26. The third kappa shape index (κ3) is 1.79. The smallest absolute Gasteiger partial charge is 0.248 e. The predicted molar refractivity (Wildman–Crippen MR) is 64.3 cm³/mol. The lowest BCUT2D eigenvalue weighted by atomic mass is 10.1. The Morgan fingerprint density at radius 2 is 1.50 bits per heavy atom. The van der Waals surface area contributed by atoms with Crippen molar-refractivity contribution < 1.29 is 13.2 Å². The average molecular weight is 247 g/mol. The first-order chi connectivity index (χ1) is 8.54. The minimum Gasteiger partial charge on any atom is -0.248 e. The number of hydrogen-bond donors (Lipinski definition) is 0. The highest BCUT2D eigenvalue weighted by Crippen LogP contribution is 2.31. The van der Waals surface area contributed by atoms with Crippen LogP contribution in [0.5, 0.6) is 0 Å². The highest BCUT2D eigenvalue weighted by Gasteiger charge is 2.30. The molecule has 0 amide bonds. The monoisotopic (exact) mass is 247 g/mol. The molecule has 0 aliphatic rings. The van der Waals surface area contributed by atoms with Gasteiger partial charge in [-0.05, 0) is 30.3 Å². The van der Waals surface area contributed by atoms with Gasteiger partial charge >= 0.3 is 6.18 Å². The Hall–Kier alpha value is -2.10. The molecule has 3 rings (SSSR count). The van der Waals surface area contributed by atoms with Gasteiger partial charge in [-0.25, -0.2) is 4.98 Å². The zero-order valence-electron chi connectivity index (χ0n) is 9.20. The number of alkyl halides is 3. The van der Waals surface area contributed by atoms with Gasteiger partial charge in [0.25, 0.3) is 0 Å². The van der Waals surface area contributed by atoms with Gasteiger partial charge in [0.05, 0.1) is 16.6 Å². The molecule has 1 heterocycles. The van der Waals surface area contributed by atoms with Crippen LogP contribution in [0.2, 0.25) is 0 Å². The Morgan fingerprint density at radius 1 is 0.778 bits per heavy atom. The molecule has 0 fully saturated rings. The largest absolute Gasteiger partial charge is 0.416 e. The van der Waals surface area contributed by atoms with Crippen molar-refractivity contribution in [1.29, 1.82) is 0 Å². The Morgan fingerprint density at radius 3 is 2.28 bits per heavy atom. The van der Waals surface area contributed by atoms with Crippen LogP contribution in [0.15, 0.2) is 48.5 Å². The van der Waals surface area contributed by atoms with Crippen LogP contribution in [0.3, 0.4) is 0 Å². The minimum absolute atomic E-state index is 0.503. The summed E-state index contributed by atoms with van der Waals surface area (Å²) in [6, 6.07) is 12.7. The van der Waals surface area contributed by atoms with Gasteiger partial charge in [-0.15, -0.1) is 0 Å². The van der Waals surface area contributed by atoms with Crippen molar-refractivity contribution in [3.05, 3.63) is 54.1 Å². The highest BCUT2D eigenvalue weighted by molar-refractivity contribution is 5.92. The Balaban J connectivity index is 2.31. The van der Waals surface area contributed by atoms with Gasteiger partial charge in [0.15, 0.2) is 0 Å². The van der Waals surface area contributed by atoms with Crippen molar-refractivity contribution in [2.24, 2.45) is 0 Å². The van der Waals surface area contributed by atoms with Gasteiger partial charge in [0.1, 0.15) is 0 Å². The molecule has 0 aliphatic carbocycles. The lowest BCUT2D eigenvalue weighted by molar-refractivity contribution is -0.137. The molecule has 0 N–H and O–H groups in total. The normalized spacial score (nSPS) is 12.2. The molecule has 0 unspecified atom stereocenters. The van der Waals surface area contributed by atoms with Crippen molar-refractivity contribution in [3.8, 4) is 0 Å². The van der Waals surface area contributed by atoms with Crippen LogP contribution in [-0.2, 0) is 6.18 Å². The molecule has 0 saturated heterocycles. The van der Waals surface area contributed by atoms with Crippen LogP contribution in [0.4, 0.5) is 13.2 Å². The highest BCUT2D eigenvalue weighted by atomic mass is 19.4. The van der Waals surface area contributed by atoms with E-state index in [9.17, 15) is 13.2 Å². The molecule has 0 radical (unpaired) electrons. The molecule has 90 valence electrons. The third-order valence-corrected chi connectivity index (χ3v) is 2.84. The summed E-state index contributed by atoms with van der Waals surface area (Å²) in [5, 5.41) is 1.34. The molecule has 0 saturated carbocycles. The summed E-state index contributed by atoms with van der Waals surface area (Å²) in [6.45, 7) is 0. The fourth-order valence-corrected chi connectivity index (χ4v) is 1.96. The van der Waals surface area contributed by atoms with Gasteiger partial charge in [0, 0.05) is 10.8 Å². The number of halogens is 3. The molecular weight excluding hydrogens is 239 g/mol. The Labute approximate surface area is 101 Å². The minimum atomic E-state index is -4.32. The molecule has 18 heavy (non-hydrogen) atoms. The number of para-hydroxylation sites is 1. The van der Waals surface area contributed by atoms with Gasteiger partial charge in [-0.3, -0.25) is 0 Å². The zero-order valence-corrected chi connectivity index (χ0v) is 9.20. The first-order valence-electron chi connectivity index (χ1n) is 5.41. The number of nitrogens with zero attached hydrogens (tertiary/aromatic N) is 1. The van der Waals surface area contributed by atoms with Crippen molar-refractivity contribution >= 4 is 21.8 Å². The molecule has 3 aromatic rings. The standard InChI is InChI=1S/C14H8F3N/c15-14(16,17)11-5-6-13-10(8-11)7-9-3-1-2-4-12(9)18-13/h1-8H. The van der Waals surface area contributed by atoms with Crippen LogP contribution >= 0.6 is 0 Å². The van der Waals surface area contributed by atoms with E-state index in [-0.39, 0.29) is 0 Å². The molecule has 4 heteroatoms. The summed E-state index contributed by atoms with van der Waals surface area (Å²) in [7, 11) is 0. The van der Waals surface area contributed by atoms with Gasteiger partial charge in [0.2, 0.25) is 0 Å². The first kappa shape index (κ1) is 11.0. The van der Waals surface area contributed by atoms with Crippen LogP contribution in [0, 0.1) is 0 Å². The maximum Gasteiger partial charge on any atom is 0.416 e. The second kappa shape index (κ2) is 3.70. The van der Waals surface area contributed by atoms with Crippen molar-refractivity contribution in [2.45, 2.75) is 6.18 Å². The van der Waals surface area contributed by atoms with Crippen molar-refractivity contribution in [3.63, 3.8) is 0 Å². The van der Waals surface area contributed by atoms with Gasteiger partial charge < -0.3 is 0 Å². The van der Waals surface area contributed by atoms with Gasteiger partial charge in [-0.1, -0.05) is 18.2 Å². The molecule has 2 aromatic carbocycles. The van der Waals surface area contributed by atoms with E-state index in [1.807, 2.05) is 24.3 Å². The summed E-state index contributed by atoms with van der Waals surface area (Å²) in [5.41, 5.74) is 0.707. The van der Waals surface area contributed by atoms with E-state index in [0.717, 1.165) is 23.0 Å². The van der Waals surface area contributed by atoms with Crippen LogP contribution in [0.1, 0.15) is 5.56 Å². The predicted octanol–water partition coefficient (Wildman–Crippen LogP) is 4.41. The second-order valence-corrected chi connectivity index (χ2v) is 4.09. The van der Waals surface area contributed by atoms with Crippen molar-refractivity contribution in [2.75, 3.05) is 0 Å².